The van der Waals surface area contributed by atoms with Crippen LogP contribution in [0.15, 0.2) is 12.1 Å². The number of rotatable bonds is 7. The van der Waals surface area contributed by atoms with Crippen molar-refractivity contribution in [3.05, 3.63) is 23.3 Å². The predicted octanol–water partition coefficient (Wildman–Crippen LogP) is 6.75. The Morgan fingerprint density at radius 2 is 1.37 bits per heavy atom. The number of aromatic hydroxyl groups is 1. The second-order valence-electron chi connectivity index (χ2n) is 10.4. The van der Waals surface area contributed by atoms with Gasteiger partial charge in [0.05, 0.1) is 5.92 Å². The zero-order valence-corrected chi connectivity index (χ0v) is 18.9. The average molecular weight is 377 g/mol. The molecule has 0 amide bonds. The van der Waals surface area contributed by atoms with Crippen molar-refractivity contribution in [2.75, 3.05) is 0 Å². The van der Waals surface area contributed by atoms with Crippen LogP contribution in [-0.4, -0.2) is 11.1 Å². The molecule has 1 N–H and O–H groups in total. The molecular formula is C24H40O3. The van der Waals surface area contributed by atoms with E-state index in [4.69, 9.17) is 4.74 Å². The number of esters is 1. The van der Waals surface area contributed by atoms with Crippen LogP contribution in [0, 0.1) is 11.8 Å². The molecule has 1 aromatic rings. The van der Waals surface area contributed by atoms with Crippen LogP contribution in [0.5, 0.6) is 11.5 Å². The Balaban J connectivity index is 2.98. The van der Waals surface area contributed by atoms with E-state index in [1.54, 1.807) is 0 Å². The summed E-state index contributed by atoms with van der Waals surface area (Å²) in [6.07, 6.45) is 4.24. The molecule has 0 radical (unpaired) electrons. The highest BCUT2D eigenvalue weighted by Gasteiger charge is 2.28. The molecule has 0 aromatic heterocycles. The van der Waals surface area contributed by atoms with Crippen molar-refractivity contribution in [2.45, 2.75) is 98.8 Å². The van der Waals surface area contributed by atoms with E-state index in [0.717, 1.165) is 30.4 Å². The fraction of sp³-hybridized carbons (Fsp3) is 0.708. The summed E-state index contributed by atoms with van der Waals surface area (Å²) in [4.78, 5) is 12.6. The van der Waals surface area contributed by atoms with Gasteiger partial charge in [0.25, 0.3) is 0 Å². The molecule has 0 aliphatic heterocycles. The van der Waals surface area contributed by atoms with Gasteiger partial charge in [0.15, 0.2) is 0 Å². The third-order valence-corrected chi connectivity index (χ3v) is 4.99. The number of phenolic OH excluding ortho intramolecular Hbond substituents is 1. The molecule has 0 aliphatic rings. The maximum absolute atomic E-state index is 12.6. The van der Waals surface area contributed by atoms with Crippen molar-refractivity contribution in [2.24, 2.45) is 11.8 Å². The Labute approximate surface area is 166 Å². The lowest BCUT2D eigenvalue weighted by Crippen LogP contribution is -2.21. The van der Waals surface area contributed by atoms with Gasteiger partial charge < -0.3 is 9.84 Å². The largest absolute Gasteiger partial charge is 0.507 e. The van der Waals surface area contributed by atoms with Crippen LogP contribution in [0.25, 0.3) is 0 Å². The minimum absolute atomic E-state index is 0.123. The summed E-state index contributed by atoms with van der Waals surface area (Å²) < 4.78 is 5.73. The van der Waals surface area contributed by atoms with E-state index in [-0.39, 0.29) is 22.7 Å². The monoisotopic (exact) mass is 376 g/mol. The normalized spacial score (nSPS) is 13.7. The molecule has 1 rings (SSSR count). The molecule has 0 saturated carbocycles. The van der Waals surface area contributed by atoms with Crippen LogP contribution in [0.4, 0.5) is 0 Å². The zero-order valence-electron chi connectivity index (χ0n) is 18.9. The van der Waals surface area contributed by atoms with Gasteiger partial charge >= 0.3 is 5.97 Å². The summed E-state index contributed by atoms with van der Waals surface area (Å²) in [6, 6.07) is 3.63. The number of hydrogen-bond donors (Lipinski definition) is 1. The average Bonchev–Trinajstić information content (AvgIpc) is 2.50. The summed E-state index contributed by atoms with van der Waals surface area (Å²) in [6.45, 7) is 18.7. The first-order valence-electron chi connectivity index (χ1n) is 10.3. The quantitative estimate of drug-likeness (QED) is 0.325. The maximum Gasteiger partial charge on any atom is 0.314 e. The van der Waals surface area contributed by atoms with Gasteiger partial charge in [-0.2, -0.15) is 0 Å². The third-order valence-electron chi connectivity index (χ3n) is 4.99. The third kappa shape index (κ3) is 7.20. The van der Waals surface area contributed by atoms with Gasteiger partial charge in [-0.25, -0.2) is 0 Å². The molecule has 1 unspecified atom stereocenters. The van der Waals surface area contributed by atoms with Crippen molar-refractivity contribution in [1.82, 2.24) is 0 Å². The molecule has 3 heteroatoms. The zero-order chi connectivity index (χ0) is 21.0. The molecule has 0 aliphatic carbocycles. The van der Waals surface area contributed by atoms with Crippen LogP contribution in [0.1, 0.15) is 99.1 Å². The molecule has 0 spiro atoms. The summed E-state index contributed by atoms with van der Waals surface area (Å²) in [5.74, 6) is 1.22. The number of carbonyl (C=O) groups excluding carboxylic acids is 1. The summed E-state index contributed by atoms with van der Waals surface area (Å²) in [5.41, 5.74) is 1.13. The number of benzene rings is 1. The van der Waals surface area contributed by atoms with Crippen LogP contribution >= 0.6 is 0 Å². The molecule has 3 nitrogen and oxygen atoms in total. The number of carbonyl (C=O) groups is 1. The highest BCUT2D eigenvalue weighted by molar-refractivity contribution is 5.75. The predicted molar refractivity (Wildman–Crippen MR) is 114 cm³/mol. The lowest BCUT2D eigenvalue weighted by atomic mass is 9.79. The Hall–Kier alpha value is -1.51. The minimum Gasteiger partial charge on any atom is -0.507 e. The molecule has 27 heavy (non-hydrogen) atoms. The summed E-state index contributed by atoms with van der Waals surface area (Å²) in [7, 11) is 0. The first-order valence-corrected chi connectivity index (χ1v) is 10.3. The standard InChI is InChI=1S/C24H40O3/c1-16(2)12-10-11-13-17(3)22(26)27-18-14-19(23(4,5)6)21(25)20(15-18)24(7,8)9/h14-17,25H,10-13H2,1-9H3. The number of hydrogen-bond acceptors (Lipinski definition) is 3. The Bertz CT molecular complexity index is 595. The number of unbranched alkanes of at least 4 members (excludes halogenated alkanes) is 1. The van der Waals surface area contributed by atoms with Crippen molar-refractivity contribution < 1.29 is 14.6 Å². The highest BCUT2D eigenvalue weighted by Crippen LogP contribution is 2.41. The Morgan fingerprint density at radius 3 is 1.78 bits per heavy atom. The van der Waals surface area contributed by atoms with Crippen LogP contribution in [0.3, 0.4) is 0 Å². The van der Waals surface area contributed by atoms with Crippen molar-refractivity contribution in [3.8, 4) is 11.5 Å². The van der Waals surface area contributed by atoms with Crippen LogP contribution < -0.4 is 4.74 Å². The minimum atomic E-state index is -0.241. The SMILES string of the molecule is CC(C)CCCCC(C)C(=O)Oc1cc(C(C)(C)C)c(O)c(C(C)(C)C)c1. The molecule has 1 atom stereocenters. The van der Waals surface area contributed by atoms with Gasteiger partial charge in [0.1, 0.15) is 11.5 Å². The second-order valence-corrected chi connectivity index (χ2v) is 10.4. The van der Waals surface area contributed by atoms with E-state index in [2.05, 4.69) is 55.4 Å². The molecule has 154 valence electrons. The van der Waals surface area contributed by atoms with Gasteiger partial charge in [-0.05, 0) is 35.3 Å². The fourth-order valence-corrected chi connectivity index (χ4v) is 3.15. The van der Waals surface area contributed by atoms with Gasteiger partial charge in [-0.3, -0.25) is 4.79 Å². The first-order chi connectivity index (χ1) is 12.2. The Morgan fingerprint density at radius 1 is 0.926 bits per heavy atom. The summed E-state index contributed by atoms with van der Waals surface area (Å²) in [5, 5.41) is 10.8. The fourth-order valence-electron chi connectivity index (χ4n) is 3.15. The lowest BCUT2D eigenvalue weighted by Gasteiger charge is -2.28. The molecular weight excluding hydrogens is 336 g/mol. The Kier molecular flexibility index (Phi) is 7.95. The summed E-state index contributed by atoms with van der Waals surface area (Å²) >= 11 is 0. The van der Waals surface area contributed by atoms with Gasteiger partial charge in [-0.1, -0.05) is 81.6 Å². The second kappa shape index (κ2) is 9.12. The van der Waals surface area contributed by atoms with Crippen LogP contribution in [0.2, 0.25) is 0 Å². The van der Waals surface area contributed by atoms with E-state index < -0.39 is 0 Å². The maximum atomic E-state index is 12.6. The molecule has 0 fully saturated rings. The van der Waals surface area contributed by atoms with Gasteiger partial charge in [-0.15, -0.1) is 0 Å². The van der Waals surface area contributed by atoms with E-state index in [0.29, 0.717) is 17.4 Å². The highest BCUT2D eigenvalue weighted by atomic mass is 16.5. The first kappa shape index (κ1) is 23.5. The number of phenols is 1. The van der Waals surface area contributed by atoms with Crippen molar-refractivity contribution in [1.29, 1.82) is 0 Å². The molecule has 1 aromatic carbocycles. The lowest BCUT2D eigenvalue weighted by molar-refractivity contribution is -0.138. The number of ether oxygens (including phenoxy) is 1. The van der Waals surface area contributed by atoms with E-state index in [9.17, 15) is 9.90 Å². The van der Waals surface area contributed by atoms with Crippen molar-refractivity contribution in [3.63, 3.8) is 0 Å². The van der Waals surface area contributed by atoms with E-state index in [1.807, 2.05) is 19.1 Å². The van der Waals surface area contributed by atoms with Crippen molar-refractivity contribution >= 4 is 5.97 Å². The molecule has 0 heterocycles. The van der Waals surface area contributed by atoms with E-state index in [1.165, 1.54) is 6.42 Å². The van der Waals surface area contributed by atoms with Crippen LogP contribution in [-0.2, 0) is 15.6 Å². The van der Waals surface area contributed by atoms with E-state index >= 15 is 0 Å². The molecule has 0 bridgehead atoms. The van der Waals surface area contributed by atoms with Gasteiger partial charge in [0.2, 0.25) is 0 Å². The smallest absolute Gasteiger partial charge is 0.314 e. The van der Waals surface area contributed by atoms with Gasteiger partial charge in [0, 0.05) is 11.1 Å². The molecule has 0 saturated heterocycles. The topological polar surface area (TPSA) is 46.5 Å².